The molecule has 2 rings (SSSR count). The molecule has 1 radical (unpaired) electrons. The molecular formula is C12H12F3O. The van der Waals surface area contributed by atoms with E-state index in [2.05, 4.69) is 0 Å². The molecule has 1 aliphatic heterocycles. The van der Waals surface area contributed by atoms with Crippen LogP contribution >= 0.6 is 0 Å². The topological polar surface area (TPSA) is 9.23 Å². The smallest absolute Gasteiger partial charge is 0.416 e. The largest absolute Gasteiger partial charge is 0.488 e. The normalized spacial score (nSPS) is 18.8. The molecular weight excluding hydrogens is 217 g/mol. The van der Waals surface area contributed by atoms with Crippen LogP contribution in [0.15, 0.2) is 18.2 Å². The molecule has 0 saturated carbocycles. The van der Waals surface area contributed by atoms with Crippen LogP contribution in [0.3, 0.4) is 0 Å². The number of rotatable bonds is 0. The van der Waals surface area contributed by atoms with Gasteiger partial charge in [-0.3, -0.25) is 0 Å². The number of halogens is 3. The monoisotopic (exact) mass is 229 g/mol. The Morgan fingerprint density at radius 2 is 1.94 bits per heavy atom. The summed E-state index contributed by atoms with van der Waals surface area (Å²) in [6, 6.07) is 3.56. The van der Waals surface area contributed by atoms with Gasteiger partial charge in [-0.1, -0.05) is 0 Å². The minimum atomic E-state index is -4.30. The molecule has 0 aliphatic carbocycles. The van der Waals surface area contributed by atoms with Crippen molar-refractivity contribution in [1.82, 2.24) is 0 Å². The lowest BCUT2D eigenvalue weighted by atomic mass is 9.93. The van der Waals surface area contributed by atoms with Gasteiger partial charge in [0.2, 0.25) is 0 Å². The first-order valence-electron chi connectivity index (χ1n) is 5.01. The van der Waals surface area contributed by atoms with Crippen LogP contribution < -0.4 is 4.74 Å². The number of benzene rings is 1. The summed E-state index contributed by atoms with van der Waals surface area (Å²) < 4.78 is 43.0. The fourth-order valence-corrected chi connectivity index (χ4v) is 1.67. The summed E-state index contributed by atoms with van der Waals surface area (Å²) in [7, 11) is 0. The number of alkyl halides is 3. The van der Waals surface area contributed by atoms with Crippen LogP contribution in [0, 0.1) is 6.42 Å². The van der Waals surface area contributed by atoms with Crippen LogP contribution in [-0.4, -0.2) is 5.60 Å². The SMILES string of the molecule is CC1(C)C[CH]c2cc(C(F)(F)F)ccc2O1. The molecule has 1 aromatic rings. The van der Waals surface area contributed by atoms with E-state index < -0.39 is 11.7 Å². The summed E-state index contributed by atoms with van der Waals surface area (Å²) in [5.74, 6) is 0.518. The second-order valence-corrected chi connectivity index (χ2v) is 4.52. The van der Waals surface area contributed by atoms with E-state index in [0.29, 0.717) is 17.7 Å². The van der Waals surface area contributed by atoms with Gasteiger partial charge in [-0.25, -0.2) is 0 Å². The second-order valence-electron chi connectivity index (χ2n) is 4.52. The van der Waals surface area contributed by atoms with Crippen LogP contribution in [0.4, 0.5) is 13.2 Å². The summed E-state index contributed by atoms with van der Waals surface area (Å²) in [5.41, 5.74) is -0.452. The highest BCUT2D eigenvalue weighted by molar-refractivity contribution is 5.44. The summed E-state index contributed by atoms with van der Waals surface area (Å²) in [6.07, 6.45) is -1.90. The van der Waals surface area contributed by atoms with Crippen molar-refractivity contribution < 1.29 is 17.9 Å². The van der Waals surface area contributed by atoms with Crippen LogP contribution in [0.2, 0.25) is 0 Å². The molecule has 16 heavy (non-hydrogen) atoms. The van der Waals surface area contributed by atoms with E-state index in [4.69, 9.17) is 4.74 Å². The van der Waals surface area contributed by atoms with E-state index in [-0.39, 0.29) is 5.60 Å². The zero-order valence-corrected chi connectivity index (χ0v) is 9.06. The highest BCUT2D eigenvalue weighted by Crippen LogP contribution is 2.38. The Hall–Kier alpha value is -1.19. The van der Waals surface area contributed by atoms with Gasteiger partial charge >= 0.3 is 6.18 Å². The molecule has 87 valence electrons. The molecule has 0 aromatic heterocycles. The van der Waals surface area contributed by atoms with Gasteiger partial charge in [0.15, 0.2) is 0 Å². The average Bonchev–Trinajstić information content (AvgIpc) is 2.14. The Kier molecular flexibility index (Phi) is 2.40. The van der Waals surface area contributed by atoms with Crippen molar-refractivity contribution in [2.75, 3.05) is 0 Å². The van der Waals surface area contributed by atoms with Gasteiger partial charge in [0, 0.05) is 0 Å². The Labute approximate surface area is 92.2 Å². The summed E-state index contributed by atoms with van der Waals surface area (Å²) in [4.78, 5) is 0. The van der Waals surface area contributed by atoms with Gasteiger partial charge in [0.1, 0.15) is 11.4 Å². The highest BCUT2D eigenvalue weighted by atomic mass is 19.4. The Morgan fingerprint density at radius 1 is 1.25 bits per heavy atom. The fraction of sp³-hybridized carbons (Fsp3) is 0.417. The molecule has 0 atom stereocenters. The van der Waals surface area contributed by atoms with Gasteiger partial charge in [-0.05, 0) is 50.5 Å². The van der Waals surface area contributed by atoms with Crippen molar-refractivity contribution in [1.29, 1.82) is 0 Å². The highest BCUT2D eigenvalue weighted by Gasteiger charge is 2.33. The van der Waals surface area contributed by atoms with Gasteiger partial charge < -0.3 is 4.74 Å². The molecule has 0 fully saturated rings. The molecule has 0 saturated heterocycles. The third-order valence-corrected chi connectivity index (χ3v) is 2.54. The van der Waals surface area contributed by atoms with E-state index in [1.807, 2.05) is 13.8 Å². The molecule has 0 unspecified atom stereocenters. The molecule has 0 N–H and O–H groups in total. The predicted molar refractivity (Wildman–Crippen MR) is 54.2 cm³/mol. The average molecular weight is 229 g/mol. The first-order valence-corrected chi connectivity index (χ1v) is 5.01. The van der Waals surface area contributed by atoms with Gasteiger partial charge in [-0.2, -0.15) is 13.2 Å². The molecule has 1 aliphatic rings. The molecule has 0 bridgehead atoms. The maximum Gasteiger partial charge on any atom is 0.416 e. The minimum Gasteiger partial charge on any atom is -0.488 e. The van der Waals surface area contributed by atoms with Crippen molar-refractivity contribution in [2.24, 2.45) is 0 Å². The van der Waals surface area contributed by atoms with Crippen LogP contribution in [0.5, 0.6) is 5.75 Å². The number of hydrogen-bond acceptors (Lipinski definition) is 1. The van der Waals surface area contributed by atoms with Gasteiger partial charge in [0.05, 0.1) is 5.56 Å². The van der Waals surface area contributed by atoms with Crippen molar-refractivity contribution >= 4 is 0 Å². The number of fused-ring (bicyclic) bond motifs is 1. The fourth-order valence-electron chi connectivity index (χ4n) is 1.67. The molecule has 1 aromatic carbocycles. The van der Waals surface area contributed by atoms with E-state index in [0.717, 1.165) is 12.1 Å². The van der Waals surface area contributed by atoms with Crippen LogP contribution in [0.25, 0.3) is 0 Å². The van der Waals surface area contributed by atoms with E-state index in [1.165, 1.54) is 6.07 Å². The van der Waals surface area contributed by atoms with Crippen LogP contribution in [-0.2, 0) is 6.18 Å². The molecule has 1 heterocycles. The maximum atomic E-state index is 12.5. The predicted octanol–water partition coefficient (Wildman–Crippen LogP) is 3.82. The summed E-state index contributed by atoms with van der Waals surface area (Å²) >= 11 is 0. The third kappa shape index (κ3) is 2.15. The first-order chi connectivity index (χ1) is 7.28. The van der Waals surface area contributed by atoms with E-state index >= 15 is 0 Å². The minimum absolute atomic E-state index is 0.341. The molecule has 0 amide bonds. The number of hydrogen-bond donors (Lipinski definition) is 0. The standard InChI is InChI=1S/C12H12F3O/c1-11(2)6-5-8-7-9(12(13,14)15)3-4-10(8)16-11/h3-5,7H,6H2,1-2H3. The lowest BCUT2D eigenvalue weighted by molar-refractivity contribution is -0.137. The number of ether oxygens (including phenoxy) is 1. The Morgan fingerprint density at radius 3 is 2.56 bits per heavy atom. The van der Waals surface area contributed by atoms with Crippen molar-refractivity contribution in [3.05, 3.63) is 35.7 Å². The van der Waals surface area contributed by atoms with Crippen molar-refractivity contribution in [2.45, 2.75) is 32.0 Å². The zero-order chi connectivity index (χ0) is 12.0. The maximum absolute atomic E-state index is 12.5. The van der Waals surface area contributed by atoms with Crippen LogP contribution in [0.1, 0.15) is 31.4 Å². The summed E-state index contributed by atoms with van der Waals surface area (Å²) in [5, 5.41) is 0. The lowest BCUT2D eigenvalue weighted by Crippen LogP contribution is -2.31. The van der Waals surface area contributed by atoms with Crippen molar-refractivity contribution in [3.63, 3.8) is 0 Å². The first kappa shape index (κ1) is 11.3. The lowest BCUT2D eigenvalue weighted by Gasteiger charge is -2.32. The van der Waals surface area contributed by atoms with Crippen molar-refractivity contribution in [3.8, 4) is 5.75 Å². The Balaban J connectivity index is 2.36. The second kappa shape index (κ2) is 3.40. The zero-order valence-electron chi connectivity index (χ0n) is 9.06. The Bertz CT molecular complexity index is 407. The van der Waals surface area contributed by atoms with Gasteiger partial charge in [0.25, 0.3) is 0 Å². The summed E-state index contributed by atoms with van der Waals surface area (Å²) in [6.45, 7) is 3.81. The molecule has 4 heteroatoms. The molecule has 0 spiro atoms. The van der Waals surface area contributed by atoms with E-state index in [1.54, 1.807) is 6.42 Å². The molecule has 1 nitrogen and oxygen atoms in total. The third-order valence-electron chi connectivity index (χ3n) is 2.54. The quantitative estimate of drug-likeness (QED) is 0.657. The van der Waals surface area contributed by atoms with Gasteiger partial charge in [-0.15, -0.1) is 0 Å². The van der Waals surface area contributed by atoms with E-state index in [9.17, 15) is 13.2 Å².